The smallest absolute Gasteiger partial charge is 0.299 e. The van der Waals surface area contributed by atoms with Crippen molar-refractivity contribution in [2.24, 2.45) is 5.92 Å². The van der Waals surface area contributed by atoms with Gasteiger partial charge in [0.2, 0.25) is 0 Å². The molecule has 0 aliphatic carbocycles. The summed E-state index contributed by atoms with van der Waals surface area (Å²) >= 11 is 3.49. The number of fused-ring (bicyclic) bond motifs is 1. The van der Waals surface area contributed by atoms with Crippen LogP contribution < -0.4 is 4.90 Å². The number of alkyl halides is 1. The Labute approximate surface area is 122 Å². The first-order chi connectivity index (χ1) is 9.08. The van der Waals surface area contributed by atoms with Gasteiger partial charge in [-0.15, -0.1) is 0 Å². The summed E-state index contributed by atoms with van der Waals surface area (Å²) in [6.45, 7) is 4.67. The molecule has 0 saturated carbocycles. The number of hydrogen-bond acceptors (Lipinski definition) is 2. The SMILES string of the molecule is CCCC(CBr)CN1C(=O)C(=O)c2cc(C)ccc21. The van der Waals surface area contributed by atoms with Crippen molar-refractivity contribution in [3.8, 4) is 0 Å². The largest absolute Gasteiger partial charge is 0.304 e. The van der Waals surface area contributed by atoms with Crippen molar-refractivity contribution in [3.05, 3.63) is 29.3 Å². The molecule has 0 bridgehead atoms. The lowest BCUT2D eigenvalue weighted by Gasteiger charge is -2.22. The molecule has 19 heavy (non-hydrogen) atoms. The fraction of sp³-hybridized carbons (Fsp3) is 0.467. The summed E-state index contributed by atoms with van der Waals surface area (Å²) in [6.07, 6.45) is 2.12. The molecule has 0 N–H and O–H groups in total. The van der Waals surface area contributed by atoms with E-state index in [4.69, 9.17) is 0 Å². The number of aryl methyl sites for hydroxylation is 1. The van der Waals surface area contributed by atoms with E-state index in [1.54, 1.807) is 11.0 Å². The van der Waals surface area contributed by atoms with Crippen molar-refractivity contribution >= 4 is 33.3 Å². The number of benzene rings is 1. The number of halogens is 1. The second-order valence-electron chi connectivity index (χ2n) is 5.07. The third kappa shape index (κ3) is 2.73. The normalized spacial score (nSPS) is 15.8. The lowest BCUT2D eigenvalue weighted by molar-refractivity contribution is -0.114. The molecule has 0 fully saturated rings. The highest BCUT2D eigenvalue weighted by Gasteiger charge is 2.36. The van der Waals surface area contributed by atoms with Crippen molar-refractivity contribution < 1.29 is 9.59 Å². The molecule has 1 aliphatic rings. The van der Waals surface area contributed by atoms with Crippen LogP contribution in [0.3, 0.4) is 0 Å². The van der Waals surface area contributed by atoms with Crippen LogP contribution in [-0.4, -0.2) is 23.6 Å². The van der Waals surface area contributed by atoms with Gasteiger partial charge in [0.1, 0.15) is 0 Å². The maximum atomic E-state index is 12.1. The standard InChI is InChI=1S/C15H18BrNO2/c1-3-4-11(8-16)9-17-13-6-5-10(2)7-12(13)14(18)15(17)19/h5-7,11H,3-4,8-9H2,1-2H3. The van der Waals surface area contributed by atoms with E-state index in [1.165, 1.54) is 0 Å². The predicted octanol–water partition coefficient (Wildman–Crippen LogP) is 3.34. The number of nitrogens with zero attached hydrogens (tertiary/aromatic N) is 1. The lowest BCUT2D eigenvalue weighted by Crippen LogP contribution is -2.34. The van der Waals surface area contributed by atoms with Gasteiger partial charge in [0.05, 0.1) is 11.3 Å². The van der Waals surface area contributed by atoms with Gasteiger partial charge in [-0.1, -0.05) is 40.9 Å². The number of carbonyl (C=O) groups is 2. The van der Waals surface area contributed by atoms with Crippen LogP contribution >= 0.6 is 15.9 Å². The minimum absolute atomic E-state index is 0.372. The van der Waals surface area contributed by atoms with Crippen LogP contribution in [0.25, 0.3) is 0 Å². The van der Waals surface area contributed by atoms with Crippen molar-refractivity contribution in [1.82, 2.24) is 0 Å². The Morgan fingerprint density at radius 3 is 2.68 bits per heavy atom. The summed E-state index contributed by atoms with van der Waals surface area (Å²) in [5, 5.41) is 0.847. The molecule has 0 spiro atoms. The summed E-state index contributed by atoms with van der Waals surface area (Å²) in [6, 6.07) is 5.63. The van der Waals surface area contributed by atoms with Crippen LogP contribution in [0.15, 0.2) is 18.2 Å². The molecule has 1 unspecified atom stereocenters. The topological polar surface area (TPSA) is 37.4 Å². The van der Waals surface area contributed by atoms with Crippen LogP contribution in [0.4, 0.5) is 5.69 Å². The molecule has 1 aliphatic heterocycles. The third-order valence-electron chi connectivity index (χ3n) is 3.48. The van der Waals surface area contributed by atoms with E-state index in [9.17, 15) is 9.59 Å². The highest BCUT2D eigenvalue weighted by atomic mass is 79.9. The minimum atomic E-state index is -0.386. The number of ketones is 1. The number of amides is 1. The second kappa shape index (κ2) is 5.87. The van der Waals surface area contributed by atoms with E-state index in [0.717, 1.165) is 29.4 Å². The first-order valence-corrected chi connectivity index (χ1v) is 7.73. The molecule has 0 radical (unpaired) electrons. The van der Waals surface area contributed by atoms with E-state index in [2.05, 4.69) is 22.9 Å². The van der Waals surface area contributed by atoms with Gasteiger partial charge in [-0.05, 0) is 31.4 Å². The molecule has 102 valence electrons. The lowest BCUT2D eigenvalue weighted by atomic mass is 10.1. The first-order valence-electron chi connectivity index (χ1n) is 6.61. The molecule has 2 rings (SSSR count). The Morgan fingerprint density at radius 2 is 2.05 bits per heavy atom. The fourth-order valence-corrected chi connectivity index (χ4v) is 3.01. The molecule has 1 aromatic carbocycles. The first kappa shape index (κ1) is 14.3. The minimum Gasteiger partial charge on any atom is -0.304 e. The zero-order chi connectivity index (χ0) is 14.0. The molecule has 4 heteroatoms. The van der Waals surface area contributed by atoms with Gasteiger partial charge in [-0.25, -0.2) is 0 Å². The number of hydrogen-bond donors (Lipinski definition) is 0. The van der Waals surface area contributed by atoms with Crippen LogP contribution in [0, 0.1) is 12.8 Å². The molecule has 0 aromatic heterocycles. The zero-order valence-corrected chi connectivity index (χ0v) is 12.9. The summed E-state index contributed by atoms with van der Waals surface area (Å²) in [4.78, 5) is 25.7. The summed E-state index contributed by atoms with van der Waals surface area (Å²) in [5.74, 6) is -0.375. The number of rotatable bonds is 5. The molecule has 0 saturated heterocycles. The average molecular weight is 324 g/mol. The number of anilines is 1. The van der Waals surface area contributed by atoms with Gasteiger partial charge in [-0.3, -0.25) is 9.59 Å². The van der Waals surface area contributed by atoms with E-state index in [-0.39, 0.29) is 11.7 Å². The van der Waals surface area contributed by atoms with Crippen molar-refractivity contribution in [3.63, 3.8) is 0 Å². The van der Waals surface area contributed by atoms with Crippen LogP contribution in [0.1, 0.15) is 35.7 Å². The van der Waals surface area contributed by atoms with E-state index in [1.807, 2.05) is 19.1 Å². The van der Waals surface area contributed by atoms with E-state index < -0.39 is 0 Å². The van der Waals surface area contributed by atoms with Gasteiger partial charge in [0.25, 0.3) is 11.7 Å². The van der Waals surface area contributed by atoms with Crippen molar-refractivity contribution in [1.29, 1.82) is 0 Å². The molecule has 1 aromatic rings. The Balaban J connectivity index is 2.28. The van der Waals surface area contributed by atoms with Crippen molar-refractivity contribution in [2.75, 3.05) is 16.8 Å². The monoisotopic (exact) mass is 323 g/mol. The molecule has 1 amide bonds. The molecule has 3 nitrogen and oxygen atoms in total. The van der Waals surface area contributed by atoms with Gasteiger partial charge < -0.3 is 4.90 Å². The fourth-order valence-electron chi connectivity index (χ4n) is 2.48. The Morgan fingerprint density at radius 1 is 1.32 bits per heavy atom. The third-order valence-corrected chi connectivity index (χ3v) is 4.40. The van der Waals surface area contributed by atoms with Gasteiger partial charge in [0, 0.05) is 11.9 Å². The quantitative estimate of drug-likeness (QED) is 0.615. The highest BCUT2D eigenvalue weighted by Crippen LogP contribution is 2.31. The predicted molar refractivity (Wildman–Crippen MR) is 80.1 cm³/mol. The molecular formula is C15H18BrNO2. The highest BCUT2D eigenvalue weighted by molar-refractivity contribution is 9.09. The van der Waals surface area contributed by atoms with E-state index in [0.29, 0.717) is 18.0 Å². The summed E-state index contributed by atoms with van der Waals surface area (Å²) in [7, 11) is 0. The second-order valence-corrected chi connectivity index (χ2v) is 5.72. The molecule has 1 atom stereocenters. The Hall–Kier alpha value is -1.16. The van der Waals surface area contributed by atoms with Crippen LogP contribution in [0.2, 0.25) is 0 Å². The maximum Gasteiger partial charge on any atom is 0.299 e. The van der Waals surface area contributed by atoms with E-state index >= 15 is 0 Å². The number of carbonyl (C=O) groups excluding carboxylic acids is 2. The van der Waals surface area contributed by atoms with Gasteiger partial charge in [0.15, 0.2) is 0 Å². The van der Waals surface area contributed by atoms with Gasteiger partial charge >= 0.3 is 0 Å². The average Bonchev–Trinajstić information content (AvgIpc) is 2.63. The van der Waals surface area contributed by atoms with Crippen LogP contribution in [0.5, 0.6) is 0 Å². The summed E-state index contributed by atoms with van der Waals surface area (Å²) < 4.78 is 0. The molecular weight excluding hydrogens is 306 g/mol. The maximum absolute atomic E-state index is 12.1. The van der Waals surface area contributed by atoms with Crippen LogP contribution in [-0.2, 0) is 4.79 Å². The Kier molecular flexibility index (Phi) is 4.40. The van der Waals surface area contributed by atoms with Gasteiger partial charge in [-0.2, -0.15) is 0 Å². The number of Topliss-reactive ketones (excluding diaryl/α,β-unsaturated/α-hetero) is 1. The zero-order valence-electron chi connectivity index (χ0n) is 11.3. The Bertz CT molecular complexity index is 513. The molecule has 1 heterocycles. The summed E-state index contributed by atoms with van der Waals surface area (Å²) in [5.41, 5.74) is 2.32. The van der Waals surface area contributed by atoms with Crippen molar-refractivity contribution in [2.45, 2.75) is 26.7 Å².